The standard InChI is InChI=1S/C31H42N4O5/c1-9-17-35(29(38)24(15-16-25(32)36)33-30(39)40-31(6,7)8)27(23-14-13-19(2)22(5)18-23)28(37)34-26-20(3)11-10-12-21(26)4/h9-14,18,24,27H,1,15-17H2,2-8H3,(H2,32,36)(H,33,39)(H,34,37). The Morgan fingerprint density at radius 1 is 1.00 bits per heavy atom. The number of ether oxygens (including phenoxy) is 1. The number of alkyl carbamates (subject to hydrolysis) is 1. The molecule has 0 aliphatic carbocycles. The maximum absolute atomic E-state index is 14.1. The van der Waals surface area contributed by atoms with Crippen molar-refractivity contribution in [3.63, 3.8) is 0 Å². The SMILES string of the molecule is C=CCN(C(=O)C(CCC(N)=O)NC(=O)OC(C)(C)C)C(C(=O)Nc1c(C)cccc1C)c1ccc(C)c(C)c1. The topological polar surface area (TPSA) is 131 Å². The molecule has 0 radical (unpaired) electrons. The van der Waals surface area contributed by atoms with E-state index in [1.54, 1.807) is 26.8 Å². The molecule has 2 aromatic rings. The molecule has 4 amide bonds. The third kappa shape index (κ3) is 8.97. The lowest BCUT2D eigenvalue weighted by atomic mass is 9.97. The van der Waals surface area contributed by atoms with Gasteiger partial charge in [0.05, 0.1) is 0 Å². The van der Waals surface area contributed by atoms with Crippen LogP contribution in [0.5, 0.6) is 0 Å². The van der Waals surface area contributed by atoms with E-state index in [4.69, 9.17) is 10.5 Å². The van der Waals surface area contributed by atoms with Gasteiger partial charge in [-0.25, -0.2) is 4.79 Å². The van der Waals surface area contributed by atoms with E-state index >= 15 is 0 Å². The zero-order valence-corrected chi connectivity index (χ0v) is 24.6. The molecule has 2 unspecified atom stereocenters. The van der Waals surface area contributed by atoms with Gasteiger partial charge in [-0.15, -0.1) is 6.58 Å². The summed E-state index contributed by atoms with van der Waals surface area (Å²) >= 11 is 0. The summed E-state index contributed by atoms with van der Waals surface area (Å²) in [5, 5.41) is 5.59. The molecule has 2 atom stereocenters. The van der Waals surface area contributed by atoms with Crippen molar-refractivity contribution in [3.8, 4) is 0 Å². The summed E-state index contributed by atoms with van der Waals surface area (Å²) in [5.41, 5.74) is 9.53. The van der Waals surface area contributed by atoms with Crippen LogP contribution in [0.25, 0.3) is 0 Å². The fraction of sp³-hybridized carbons (Fsp3) is 0.419. The summed E-state index contributed by atoms with van der Waals surface area (Å²) < 4.78 is 5.36. The Morgan fingerprint density at radius 2 is 1.62 bits per heavy atom. The van der Waals surface area contributed by atoms with Gasteiger partial charge in [-0.1, -0.05) is 42.5 Å². The van der Waals surface area contributed by atoms with Gasteiger partial charge in [0.15, 0.2) is 0 Å². The molecule has 0 heterocycles. The molecule has 0 saturated heterocycles. The highest BCUT2D eigenvalue weighted by molar-refractivity contribution is 6.00. The smallest absolute Gasteiger partial charge is 0.408 e. The molecular weight excluding hydrogens is 508 g/mol. The van der Waals surface area contributed by atoms with Crippen LogP contribution in [0.15, 0.2) is 49.1 Å². The molecule has 2 aromatic carbocycles. The van der Waals surface area contributed by atoms with Gasteiger partial charge in [-0.3, -0.25) is 14.4 Å². The van der Waals surface area contributed by atoms with Crippen LogP contribution in [0.1, 0.15) is 67.5 Å². The second kappa shape index (κ2) is 13.8. The lowest BCUT2D eigenvalue weighted by molar-refractivity contribution is -0.140. The molecule has 0 spiro atoms. The number of carbonyl (C=O) groups is 4. The highest BCUT2D eigenvalue weighted by Gasteiger charge is 2.36. The van der Waals surface area contributed by atoms with Crippen molar-refractivity contribution in [1.29, 1.82) is 0 Å². The fourth-order valence-electron chi connectivity index (χ4n) is 4.27. The monoisotopic (exact) mass is 550 g/mol. The highest BCUT2D eigenvalue weighted by atomic mass is 16.6. The van der Waals surface area contributed by atoms with Crippen molar-refractivity contribution in [2.45, 2.75) is 79.0 Å². The summed E-state index contributed by atoms with van der Waals surface area (Å²) in [5.74, 6) is -1.63. The van der Waals surface area contributed by atoms with Gasteiger partial charge >= 0.3 is 6.09 Å². The average Bonchev–Trinajstić information content (AvgIpc) is 2.84. The predicted molar refractivity (Wildman–Crippen MR) is 157 cm³/mol. The van der Waals surface area contributed by atoms with Crippen LogP contribution in [0.2, 0.25) is 0 Å². The Morgan fingerprint density at radius 3 is 2.15 bits per heavy atom. The molecule has 0 bridgehead atoms. The number of carbonyl (C=O) groups excluding carboxylic acids is 4. The van der Waals surface area contributed by atoms with Gasteiger partial charge in [0.2, 0.25) is 11.8 Å². The van der Waals surface area contributed by atoms with Crippen molar-refractivity contribution < 1.29 is 23.9 Å². The zero-order chi connectivity index (χ0) is 30.2. The van der Waals surface area contributed by atoms with Crippen LogP contribution in [0.3, 0.4) is 0 Å². The van der Waals surface area contributed by atoms with E-state index in [2.05, 4.69) is 17.2 Å². The average molecular weight is 551 g/mol. The summed E-state index contributed by atoms with van der Waals surface area (Å²) in [7, 11) is 0. The van der Waals surface area contributed by atoms with Crippen molar-refractivity contribution in [1.82, 2.24) is 10.2 Å². The van der Waals surface area contributed by atoms with E-state index in [-0.39, 0.29) is 19.4 Å². The minimum Gasteiger partial charge on any atom is -0.444 e. The second-order valence-electron chi connectivity index (χ2n) is 11.0. The van der Waals surface area contributed by atoms with E-state index in [9.17, 15) is 19.2 Å². The minimum atomic E-state index is -1.18. The van der Waals surface area contributed by atoms with Crippen LogP contribution in [0, 0.1) is 27.7 Å². The van der Waals surface area contributed by atoms with Gasteiger partial charge in [-0.05, 0) is 82.7 Å². The quantitative estimate of drug-likeness (QED) is 0.347. The summed E-state index contributed by atoms with van der Waals surface area (Å²) in [4.78, 5) is 53.7. The number of primary amides is 1. The van der Waals surface area contributed by atoms with Crippen molar-refractivity contribution in [3.05, 3.63) is 76.9 Å². The largest absolute Gasteiger partial charge is 0.444 e. The number of aryl methyl sites for hydroxylation is 4. The lowest BCUT2D eigenvalue weighted by Gasteiger charge is -2.34. The molecule has 216 valence electrons. The predicted octanol–water partition coefficient (Wildman–Crippen LogP) is 4.77. The van der Waals surface area contributed by atoms with Crippen molar-refractivity contribution in [2.75, 3.05) is 11.9 Å². The Balaban J connectivity index is 2.59. The van der Waals surface area contributed by atoms with Crippen LogP contribution < -0.4 is 16.4 Å². The van der Waals surface area contributed by atoms with Crippen LogP contribution in [-0.4, -0.2) is 46.9 Å². The first-order valence-electron chi connectivity index (χ1n) is 13.3. The first-order valence-corrected chi connectivity index (χ1v) is 13.3. The number of hydrogen-bond acceptors (Lipinski definition) is 5. The fourth-order valence-corrected chi connectivity index (χ4v) is 4.27. The molecule has 0 aliphatic heterocycles. The lowest BCUT2D eigenvalue weighted by Crippen LogP contribution is -2.52. The van der Waals surface area contributed by atoms with E-state index in [0.29, 0.717) is 11.3 Å². The molecular formula is C31H42N4O5. The third-order valence-electron chi connectivity index (χ3n) is 6.41. The van der Waals surface area contributed by atoms with Gasteiger partial charge in [0.1, 0.15) is 17.7 Å². The molecule has 0 aromatic heterocycles. The number of nitrogens with two attached hydrogens (primary N) is 1. The number of nitrogens with zero attached hydrogens (tertiary/aromatic N) is 1. The molecule has 9 nitrogen and oxygen atoms in total. The Kier molecular flexibility index (Phi) is 11.0. The van der Waals surface area contributed by atoms with Crippen molar-refractivity contribution >= 4 is 29.5 Å². The number of amides is 4. The minimum absolute atomic E-state index is 0.000329. The first-order chi connectivity index (χ1) is 18.6. The Labute approximate surface area is 237 Å². The van der Waals surface area contributed by atoms with E-state index in [0.717, 1.165) is 22.3 Å². The van der Waals surface area contributed by atoms with E-state index in [1.165, 1.54) is 11.0 Å². The summed E-state index contributed by atoms with van der Waals surface area (Å²) in [6, 6.07) is 9.01. The highest BCUT2D eigenvalue weighted by Crippen LogP contribution is 2.28. The third-order valence-corrected chi connectivity index (χ3v) is 6.41. The van der Waals surface area contributed by atoms with E-state index < -0.39 is 41.5 Å². The molecule has 0 aliphatic rings. The van der Waals surface area contributed by atoms with Gasteiger partial charge < -0.3 is 26.0 Å². The van der Waals surface area contributed by atoms with Crippen molar-refractivity contribution in [2.24, 2.45) is 5.73 Å². The Bertz CT molecular complexity index is 1240. The molecule has 40 heavy (non-hydrogen) atoms. The van der Waals surface area contributed by atoms with Crippen LogP contribution in [-0.2, 0) is 19.1 Å². The number of anilines is 1. The maximum atomic E-state index is 14.1. The van der Waals surface area contributed by atoms with Crippen LogP contribution >= 0.6 is 0 Å². The van der Waals surface area contributed by atoms with Gasteiger partial charge in [-0.2, -0.15) is 0 Å². The summed E-state index contributed by atoms with van der Waals surface area (Å²) in [6.07, 6.45) is 0.462. The molecule has 4 N–H and O–H groups in total. The number of para-hydroxylation sites is 1. The van der Waals surface area contributed by atoms with Crippen LogP contribution in [0.4, 0.5) is 10.5 Å². The van der Waals surface area contributed by atoms with Gasteiger partial charge in [0.25, 0.3) is 5.91 Å². The molecule has 0 fully saturated rings. The molecule has 0 saturated carbocycles. The summed E-state index contributed by atoms with van der Waals surface area (Å²) in [6.45, 7) is 16.6. The molecule has 2 rings (SSSR count). The second-order valence-corrected chi connectivity index (χ2v) is 11.0. The zero-order valence-electron chi connectivity index (χ0n) is 24.6. The maximum Gasteiger partial charge on any atom is 0.408 e. The number of hydrogen-bond donors (Lipinski definition) is 3. The number of rotatable bonds is 11. The van der Waals surface area contributed by atoms with Gasteiger partial charge in [0, 0.05) is 18.7 Å². The number of benzene rings is 2. The molecule has 9 heteroatoms. The number of nitrogens with one attached hydrogen (secondary N) is 2. The van der Waals surface area contributed by atoms with E-state index in [1.807, 2.05) is 58.0 Å². The first kappa shape index (κ1) is 32.1. The normalized spacial score (nSPS) is 12.6. The Hall–Kier alpha value is -4.14.